The Hall–Kier alpha value is -1.65. The molecule has 0 heterocycles. The van der Waals surface area contributed by atoms with Gasteiger partial charge in [-0.05, 0) is 25.7 Å². The molecule has 0 amide bonds. The molecule has 1 rings (SSSR count). The van der Waals surface area contributed by atoms with Crippen LogP contribution in [0.3, 0.4) is 0 Å². The summed E-state index contributed by atoms with van der Waals surface area (Å²) >= 11 is 0. The van der Waals surface area contributed by atoms with Crippen LogP contribution in [0.4, 0.5) is 0 Å². The first kappa shape index (κ1) is 14.4. The molecule has 1 aliphatic rings. The lowest BCUT2D eigenvalue weighted by molar-refractivity contribution is -0.137. The summed E-state index contributed by atoms with van der Waals surface area (Å²) in [6.45, 7) is 0. The third-order valence-electron chi connectivity index (χ3n) is 3.13. The number of Topliss-reactive ketones (excluding diaryl/α,β-unsaturated/α-hetero) is 1. The molecule has 1 aliphatic carbocycles. The molecule has 0 radical (unpaired) electrons. The summed E-state index contributed by atoms with van der Waals surface area (Å²) in [7, 11) is 0. The van der Waals surface area contributed by atoms with Crippen molar-refractivity contribution in [2.24, 2.45) is 0 Å². The Balaban J connectivity index is 2.29. The molecule has 0 fully saturated rings. The van der Waals surface area contributed by atoms with E-state index >= 15 is 0 Å². The molecule has 18 heavy (non-hydrogen) atoms. The topological polar surface area (TPSA) is 91.7 Å². The summed E-state index contributed by atoms with van der Waals surface area (Å²) in [5, 5.41) is 17.4. The lowest BCUT2D eigenvalue weighted by atomic mass is 10.0. The van der Waals surface area contributed by atoms with E-state index in [1.807, 2.05) is 0 Å². The summed E-state index contributed by atoms with van der Waals surface area (Å²) in [4.78, 5) is 32.7. The van der Waals surface area contributed by atoms with Crippen molar-refractivity contribution in [1.82, 2.24) is 0 Å². The second-order valence-electron chi connectivity index (χ2n) is 4.49. The third kappa shape index (κ3) is 4.31. The fraction of sp³-hybridized carbons (Fsp3) is 0.615. The molecule has 0 saturated heterocycles. The van der Waals surface area contributed by atoms with Gasteiger partial charge in [0.15, 0.2) is 5.78 Å². The minimum absolute atomic E-state index is 0.0436. The highest BCUT2D eigenvalue weighted by Crippen LogP contribution is 2.27. The molecule has 0 atom stereocenters. The maximum atomic E-state index is 11.5. The van der Waals surface area contributed by atoms with E-state index in [0.717, 1.165) is 19.3 Å². The minimum atomic E-state index is -0.985. The molecule has 0 aliphatic heterocycles. The largest absolute Gasteiger partial charge is 0.481 e. The first-order valence-electron chi connectivity index (χ1n) is 6.22. The van der Waals surface area contributed by atoms with Crippen LogP contribution in [0.15, 0.2) is 11.1 Å². The van der Waals surface area contributed by atoms with Gasteiger partial charge in [-0.15, -0.1) is 0 Å². The van der Waals surface area contributed by atoms with Crippen LogP contribution in [0.2, 0.25) is 0 Å². The number of carbonyl (C=O) groups is 3. The molecule has 0 saturated carbocycles. The molecule has 0 spiro atoms. The number of allylic oxidation sites excluding steroid dienone is 1. The normalized spacial score (nSPS) is 15.2. The van der Waals surface area contributed by atoms with Gasteiger partial charge in [-0.25, -0.2) is 4.79 Å². The lowest BCUT2D eigenvalue weighted by Gasteiger charge is -2.03. The molecular formula is C13H18O5. The molecule has 100 valence electrons. The highest BCUT2D eigenvalue weighted by atomic mass is 16.4. The maximum absolute atomic E-state index is 11.5. The van der Waals surface area contributed by atoms with Crippen molar-refractivity contribution >= 4 is 17.7 Å². The van der Waals surface area contributed by atoms with E-state index in [2.05, 4.69) is 0 Å². The van der Waals surface area contributed by atoms with Gasteiger partial charge in [-0.2, -0.15) is 0 Å². The van der Waals surface area contributed by atoms with Crippen molar-refractivity contribution in [2.45, 2.75) is 51.4 Å². The number of hydrogen-bond donors (Lipinski definition) is 2. The van der Waals surface area contributed by atoms with Gasteiger partial charge >= 0.3 is 11.9 Å². The van der Waals surface area contributed by atoms with Gasteiger partial charge in [0.1, 0.15) is 0 Å². The van der Waals surface area contributed by atoms with E-state index in [1.165, 1.54) is 0 Å². The van der Waals surface area contributed by atoms with Crippen LogP contribution in [0.1, 0.15) is 51.4 Å². The average molecular weight is 254 g/mol. The van der Waals surface area contributed by atoms with E-state index in [1.54, 1.807) is 0 Å². The van der Waals surface area contributed by atoms with Gasteiger partial charge in [0, 0.05) is 24.0 Å². The fourth-order valence-corrected chi connectivity index (χ4v) is 2.17. The zero-order valence-corrected chi connectivity index (χ0v) is 10.3. The number of carboxylic acid groups (broad SMARTS) is 2. The van der Waals surface area contributed by atoms with E-state index in [9.17, 15) is 14.4 Å². The van der Waals surface area contributed by atoms with Crippen molar-refractivity contribution in [3.8, 4) is 0 Å². The van der Waals surface area contributed by atoms with E-state index in [0.29, 0.717) is 31.3 Å². The summed E-state index contributed by atoms with van der Waals surface area (Å²) in [5.74, 6) is -1.82. The second-order valence-corrected chi connectivity index (χ2v) is 4.49. The Labute approximate surface area is 105 Å². The highest BCUT2D eigenvalue weighted by molar-refractivity contribution is 6.06. The smallest absolute Gasteiger partial charge is 0.331 e. The van der Waals surface area contributed by atoms with Gasteiger partial charge in [-0.1, -0.05) is 12.8 Å². The number of rotatable bonds is 8. The van der Waals surface area contributed by atoms with Crippen LogP contribution in [0, 0.1) is 0 Å². The molecular weight excluding hydrogens is 236 g/mol. The molecule has 0 bridgehead atoms. The molecule has 0 aromatic rings. The first-order chi connectivity index (χ1) is 8.52. The summed E-state index contributed by atoms with van der Waals surface area (Å²) in [6, 6.07) is 0. The zero-order valence-electron chi connectivity index (χ0n) is 10.3. The van der Waals surface area contributed by atoms with Crippen LogP contribution in [-0.2, 0) is 14.4 Å². The predicted molar refractivity (Wildman–Crippen MR) is 64.2 cm³/mol. The highest BCUT2D eigenvalue weighted by Gasteiger charge is 2.26. The van der Waals surface area contributed by atoms with Crippen molar-refractivity contribution in [1.29, 1.82) is 0 Å². The van der Waals surface area contributed by atoms with Crippen LogP contribution in [-0.4, -0.2) is 27.9 Å². The number of carboxylic acids is 2. The molecule has 2 N–H and O–H groups in total. The van der Waals surface area contributed by atoms with Crippen molar-refractivity contribution in [3.05, 3.63) is 11.1 Å². The molecule has 5 heteroatoms. The predicted octanol–water partition coefficient (Wildman–Crippen LogP) is 2.16. The third-order valence-corrected chi connectivity index (χ3v) is 3.13. The maximum Gasteiger partial charge on any atom is 0.331 e. The van der Waals surface area contributed by atoms with Crippen molar-refractivity contribution < 1.29 is 24.6 Å². The number of unbranched alkanes of at least 4 members (excludes halogenated alkanes) is 3. The number of hydrogen-bond acceptors (Lipinski definition) is 3. The Bertz CT molecular complexity index is 381. The first-order valence-corrected chi connectivity index (χ1v) is 6.22. The van der Waals surface area contributed by atoms with Gasteiger partial charge in [0.25, 0.3) is 0 Å². The van der Waals surface area contributed by atoms with E-state index in [4.69, 9.17) is 10.2 Å². The summed E-state index contributed by atoms with van der Waals surface area (Å²) in [6.07, 6.45) is 4.35. The molecule has 5 nitrogen and oxygen atoms in total. The monoisotopic (exact) mass is 254 g/mol. The van der Waals surface area contributed by atoms with Gasteiger partial charge in [0.05, 0.1) is 0 Å². The molecule has 0 unspecified atom stereocenters. The van der Waals surface area contributed by atoms with Crippen LogP contribution < -0.4 is 0 Å². The van der Waals surface area contributed by atoms with Crippen LogP contribution in [0.5, 0.6) is 0 Å². The molecule has 0 aromatic heterocycles. The average Bonchev–Trinajstić information content (AvgIpc) is 2.65. The SMILES string of the molecule is O=C(O)CCCCCCC1=C(C(=O)O)CCC1=O. The Morgan fingerprint density at radius 1 is 1.00 bits per heavy atom. The van der Waals surface area contributed by atoms with E-state index < -0.39 is 11.9 Å². The van der Waals surface area contributed by atoms with Crippen LogP contribution >= 0.6 is 0 Å². The van der Waals surface area contributed by atoms with Crippen molar-refractivity contribution in [3.63, 3.8) is 0 Å². The Kier molecular flexibility index (Phi) is 5.55. The zero-order chi connectivity index (χ0) is 13.5. The van der Waals surface area contributed by atoms with Gasteiger partial charge in [-0.3, -0.25) is 9.59 Å². The Morgan fingerprint density at radius 2 is 1.67 bits per heavy atom. The number of aliphatic carboxylic acids is 2. The minimum Gasteiger partial charge on any atom is -0.481 e. The summed E-state index contributed by atoms with van der Waals surface area (Å²) < 4.78 is 0. The van der Waals surface area contributed by atoms with Gasteiger partial charge in [0.2, 0.25) is 0 Å². The number of carbonyl (C=O) groups excluding carboxylic acids is 1. The standard InChI is InChI=1S/C13H18O5/c14-11-8-7-10(13(17)18)9(11)5-3-1-2-4-6-12(15)16/h1-8H2,(H,15,16)(H,17,18). The van der Waals surface area contributed by atoms with Crippen LogP contribution in [0.25, 0.3) is 0 Å². The second kappa shape index (κ2) is 6.93. The Morgan fingerprint density at radius 3 is 2.28 bits per heavy atom. The van der Waals surface area contributed by atoms with Gasteiger partial charge < -0.3 is 10.2 Å². The van der Waals surface area contributed by atoms with Crippen molar-refractivity contribution in [2.75, 3.05) is 0 Å². The lowest BCUT2D eigenvalue weighted by Crippen LogP contribution is -2.03. The summed E-state index contributed by atoms with van der Waals surface area (Å²) in [5.41, 5.74) is 0.742. The quantitative estimate of drug-likeness (QED) is 0.647. The number of ketones is 1. The molecule has 0 aromatic carbocycles. The fourth-order valence-electron chi connectivity index (χ4n) is 2.17. The van der Waals surface area contributed by atoms with E-state index in [-0.39, 0.29) is 17.8 Å².